The van der Waals surface area contributed by atoms with Crippen molar-refractivity contribution in [3.63, 3.8) is 0 Å². The van der Waals surface area contributed by atoms with Crippen LogP contribution in [0.2, 0.25) is 0 Å². The summed E-state index contributed by atoms with van der Waals surface area (Å²) in [6.45, 7) is 3.98. The van der Waals surface area contributed by atoms with E-state index in [0.717, 1.165) is 22.4 Å². The minimum atomic E-state index is 0.281. The maximum atomic E-state index is 12.1. The topological polar surface area (TPSA) is 26.3 Å². The summed E-state index contributed by atoms with van der Waals surface area (Å²) in [5.41, 5.74) is 2.93. The summed E-state index contributed by atoms with van der Waals surface area (Å²) < 4.78 is 5.31. The van der Waals surface area contributed by atoms with Gasteiger partial charge in [-0.3, -0.25) is 4.79 Å². The number of hydrogen-bond acceptors (Lipinski definition) is 2. The van der Waals surface area contributed by atoms with Gasteiger partial charge in [0, 0.05) is 12.0 Å². The van der Waals surface area contributed by atoms with Gasteiger partial charge in [-0.05, 0) is 43.0 Å². The largest absolute Gasteiger partial charge is 0.496 e. The second-order valence-corrected chi connectivity index (χ2v) is 5.07. The van der Waals surface area contributed by atoms with Gasteiger partial charge in [-0.15, -0.1) is 0 Å². The molecule has 0 heterocycles. The minimum absolute atomic E-state index is 0.281. The number of methoxy groups -OCH3 is 1. The van der Waals surface area contributed by atoms with Crippen molar-refractivity contribution < 1.29 is 9.53 Å². The zero-order valence-electron chi connectivity index (χ0n) is 10.9. The van der Waals surface area contributed by atoms with Crippen molar-refractivity contribution >= 4 is 5.78 Å². The third-order valence-corrected chi connectivity index (χ3v) is 3.69. The Balaban J connectivity index is 2.17. The van der Waals surface area contributed by atoms with E-state index in [9.17, 15) is 4.79 Å². The molecule has 0 N–H and O–H groups in total. The van der Waals surface area contributed by atoms with Gasteiger partial charge in [-0.2, -0.15) is 0 Å². The van der Waals surface area contributed by atoms with Crippen LogP contribution in [0.25, 0.3) is 0 Å². The summed E-state index contributed by atoms with van der Waals surface area (Å²) in [5.74, 6) is 1.80. The van der Waals surface area contributed by atoms with E-state index in [-0.39, 0.29) is 5.78 Å². The summed E-state index contributed by atoms with van der Waals surface area (Å²) in [7, 11) is 1.67. The zero-order chi connectivity index (χ0) is 12.4. The predicted octanol–water partition coefficient (Wildman–Crippen LogP) is 3.68. The summed E-state index contributed by atoms with van der Waals surface area (Å²) in [5, 5.41) is 0. The lowest BCUT2D eigenvalue weighted by Gasteiger charge is -2.24. The van der Waals surface area contributed by atoms with Crippen LogP contribution in [0, 0.1) is 19.8 Å². The van der Waals surface area contributed by atoms with Crippen molar-refractivity contribution in [2.24, 2.45) is 5.92 Å². The Hall–Kier alpha value is -1.31. The Morgan fingerprint density at radius 3 is 2.29 bits per heavy atom. The van der Waals surface area contributed by atoms with Gasteiger partial charge in [-0.1, -0.05) is 19.3 Å². The van der Waals surface area contributed by atoms with Crippen LogP contribution in [0.5, 0.6) is 5.75 Å². The Morgan fingerprint density at radius 2 is 1.88 bits per heavy atom. The number of carbonyl (C=O) groups is 1. The molecule has 1 aromatic rings. The third kappa shape index (κ3) is 2.51. The van der Waals surface area contributed by atoms with Crippen LogP contribution in [-0.2, 0) is 0 Å². The fraction of sp³-hybridized carbons (Fsp3) is 0.533. The van der Waals surface area contributed by atoms with Gasteiger partial charge in [0.05, 0.1) is 7.11 Å². The third-order valence-electron chi connectivity index (χ3n) is 3.69. The lowest BCUT2D eigenvalue weighted by Crippen LogP contribution is -2.16. The molecular formula is C15H20O2. The maximum Gasteiger partial charge on any atom is 0.163 e. The fourth-order valence-corrected chi connectivity index (χ4v) is 2.51. The van der Waals surface area contributed by atoms with Crippen molar-refractivity contribution in [3.05, 3.63) is 28.8 Å². The van der Waals surface area contributed by atoms with E-state index < -0.39 is 0 Å². The Morgan fingerprint density at radius 1 is 1.29 bits per heavy atom. The monoisotopic (exact) mass is 232 g/mol. The Bertz CT molecular complexity index is 408. The molecule has 17 heavy (non-hydrogen) atoms. The molecule has 0 aromatic heterocycles. The van der Waals surface area contributed by atoms with Gasteiger partial charge < -0.3 is 4.74 Å². The number of carbonyl (C=O) groups excluding carboxylic acids is 1. The summed E-state index contributed by atoms with van der Waals surface area (Å²) in [4.78, 5) is 12.1. The van der Waals surface area contributed by atoms with Gasteiger partial charge in [-0.25, -0.2) is 0 Å². The van der Waals surface area contributed by atoms with Crippen LogP contribution < -0.4 is 4.74 Å². The first kappa shape index (κ1) is 12.2. The van der Waals surface area contributed by atoms with Crippen LogP contribution in [0.4, 0.5) is 0 Å². The maximum absolute atomic E-state index is 12.1. The first-order chi connectivity index (χ1) is 8.11. The molecule has 0 amide bonds. The van der Waals surface area contributed by atoms with Crippen LogP contribution in [0.15, 0.2) is 12.1 Å². The van der Waals surface area contributed by atoms with E-state index >= 15 is 0 Å². The summed E-state index contributed by atoms with van der Waals surface area (Å²) in [6.07, 6.45) is 4.45. The standard InChI is InChI=1S/C15H20O2/c1-10-7-13(8-11(2)15(10)17-3)14(16)9-12-5-4-6-12/h7-8,12H,4-6,9H2,1-3H3. The highest BCUT2D eigenvalue weighted by Gasteiger charge is 2.22. The summed E-state index contributed by atoms with van der Waals surface area (Å²) >= 11 is 0. The molecule has 1 aliphatic rings. The molecule has 0 radical (unpaired) electrons. The van der Waals surface area contributed by atoms with Gasteiger partial charge in [0.1, 0.15) is 5.75 Å². The Kier molecular flexibility index (Phi) is 3.51. The molecule has 2 rings (SSSR count). The lowest BCUT2D eigenvalue weighted by molar-refractivity contribution is 0.0936. The number of ketones is 1. The SMILES string of the molecule is COc1c(C)cc(C(=O)CC2CCC2)cc1C. The van der Waals surface area contributed by atoms with Gasteiger partial charge >= 0.3 is 0 Å². The number of aryl methyl sites for hydroxylation is 2. The van der Waals surface area contributed by atoms with E-state index in [4.69, 9.17) is 4.74 Å². The highest BCUT2D eigenvalue weighted by Crippen LogP contribution is 2.31. The molecule has 0 spiro atoms. The van der Waals surface area contributed by atoms with Gasteiger partial charge in [0.25, 0.3) is 0 Å². The van der Waals surface area contributed by atoms with Crippen LogP contribution in [-0.4, -0.2) is 12.9 Å². The highest BCUT2D eigenvalue weighted by molar-refractivity contribution is 5.96. The second-order valence-electron chi connectivity index (χ2n) is 5.07. The van der Waals surface area contributed by atoms with Crippen molar-refractivity contribution in [1.29, 1.82) is 0 Å². The number of Topliss-reactive ketones (excluding diaryl/α,β-unsaturated/α-hetero) is 1. The van der Waals surface area contributed by atoms with E-state index in [2.05, 4.69) is 0 Å². The van der Waals surface area contributed by atoms with E-state index in [0.29, 0.717) is 12.3 Å². The quantitative estimate of drug-likeness (QED) is 0.740. The number of benzene rings is 1. The first-order valence-electron chi connectivity index (χ1n) is 6.30. The van der Waals surface area contributed by atoms with Gasteiger partial charge in [0.2, 0.25) is 0 Å². The molecule has 0 atom stereocenters. The molecule has 2 nitrogen and oxygen atoms in total. The van der Waals surface area contributed by atoms with Gasteiger partial charge in [0.15, 0.2) is 5.78 Å². The van der Waals surface area contributed by atoms with Crippen LogP contribution >= 0.6 is 0 Å². The van der Waals surface area contributed by atoms with Crippen molar-refractivity contribution in [1.82, 2.24) is 0 Å². The number of rotatable bonds is 4. The van der Waals surface area contributed by atoms with Crippen molar-refractivity contribution in [3.8, 4) is 5.75 Å². The molecular weight excluding hydrogens is 212 g/mol. The smallest absolute Gasteiger partial charge is 0.163 e. The molecule has 1 aliphatic carbocycles. The number of hydrogen-bond donors (Lipinski definition) is 0. The average molecular weight is 232 g/mol. The van der Waals surface area contributed by atoms with Crippen LogP contribution in [0.3, 0.4) is 0 Å². The fourth-order valence-electron chi connectivity index (χ4n) is 2.51. The molecule has 2 heteroatoms. The van der Waals surface area contributed by atoms with E-state index in [1.807, 2.05) is 26.0 Å². The van der Waals surface area contributed by atoms with E-state index in [1.54, 1.807) is 7.11 Å². The molecule has 0 unspecified atom stereocenters. The molecule has 1 saturated carbocycles. The number of ether oxygens (including phenoxy) is 1. The van der Waals surface area contributed by atoms with E-state index in [1.165, 1.54) is 19.3 Å². The predicted molar refractivity (Wildman–Crippen MR) is 68.8 cm³/mol. The summed E-state index contributed by atoms with van der Waals surface area (Å²) in [6, 6.07) is 3.90. The first-order valence-corrected chi connectivity index (χ1v) is 6.30. The molecule has 0 bridgehead atoms. The van der Waals surface area contributed by atoms with Crippen molar-refractivity contribution in [2.75, 3.05) is 7.11 Å². The molecule has 0 saturated heterocycles. The lowest BCUT2D eigenvalue weighted by atomic mass is 9.81. The van der Waals surface area contributed by atoms with Crippen LogP contribution in [0.1, 0.15) is 47.2 Å². The second kappa shape index (κ2) is 4.91. The molecule has 0 aliphatic heterocycles. The molecule has 1 fully saturated rings. The average Bonchev–Trinajstić information content (AvgIpc) is 2.22. The minimum Gasteiger partial charge on any atom is -0.496 e. The highest BCUT2D eigenvalue weighted by atomic mass is 16.5. The molecule has 1 aromatic carbocycles. The Labute approximate surface area is 103 Å². The zero-order valence-corrected chi connectivity index (χ0v) is 10.9. The molecule has 92 valence electrons. The van der Waals surface area contributed by atoms with Crippen molar-refractivity contribution in [2.45, 2.75) is 39.5 Å². The normalized spacial score (nSPS) is 15.5.